The third-order valence-electron chi connectivity index (χ3n) is 5.62. The van der Waals surface area contributed by atoms with Gasteiger partial charge < -0.3 is 14.6 Å². The largest absolute Gasteiger partial charge is 0.508 e. The van der Waals surface area contributed by atoms with E-state index in [1.54, 1.807) is 12.1 Å². The Hall–Kier alpha value is -2.37. The molecule has 0 fully saturated rings. The fourth-order valence-corrected chi connectivity index (χ4v) is 4.39. The monoisotopic (exact) mass is 481 g/mol. The molecule has 162 valence electrons. The highest BCUT2D eigenvalue weighted by Gasteiger charge is 2.17. The van der Waals surface area contributed by atoms with Crippen LogP contribution in [0, 0.1) is 5.92 Å². The number of halogens is 1. The van der Waals surface area contributed by atoms with Gasteiger partial charge in [0.05, 0.1) is 24.6 Å². The molecule has 0 saturated heterocycles. The van der Waals surface area contributed by atoms with Crippen LogP contribution in [0.1, 0.15) is 43.2 Å². The number of nitrogens with zero attached hydrogens (tertiary/aromatic N) is 1. The normalized spacial score (nSPS) is 23.3. The molecule has 0 spiro atoms. The highest BCUT2D eigenvalue weighted by atomic mass is 79.9. The van der Waals surface area contributed by atoms with Crippen LogP contribution in [0.2, 0.25) is 0 Å². The SMILES string of the molecule is Oc1ccc(/C2=N/C(c3ccc(OCC4CCC=C4Br)cc3)=C/CCCOCC2)cc1. The Morgan fingerprint density at radius 3 is 2.48 bits per heavy atom. The van der Waals surface area contributed by atoms with Gasteiger partial charge in [-0.2, -0.15) is 0 Å². The summed E-state index contributed by atoms with van der Waals surface area (Å²) in [4.78, 5) is 5.02. The second-order valence-corrected chi connectivity index (χ2v) is 8.81. The minimum absolute atomic E-state index is 0.256. The van der Waals surface area contributed by atoms with E-state index in [1.165, 1.54) is 4.48 Å². The zero-order valence-electron chi connectivity index (χ0n) is 17.6. The Kier molecular flexibility index (Phi) is 7.60. The van der Waals surface area contributed by atoms with Crippen LogP contribution in [0.25, 0.3) is 5.70 Å². The van der Waals surface area contributed by atoms with Crippen LogP contribution in [0.5, 0.6) is 11.5 Å². The third kappa shape index (κ3) is 6.08. The van der Waals surface area contributed by atoms with E-state index >= 15 is 0 Å². The van der Waals surface area contributed by atoms with Crippen molar-refractivity contribution >= 4 is 27.3 Å². The van der Waals surface area contributed by atoms with Gasteiger partial charge >= 0.3 is 0 Å². The van der Waals surface area contributed by atoms with Gasteiger partial charge in [-0.3, -0.25) is 4.99 Å². The van der Waals surface area contributed by atoms with Crippen molar-refractivity contribution in [2.24, 2.45) is 10.9 Å². The quantitative estimate of drug-likeness (QED) is 0.530. The predicted molar refractivity (Wildman–Crippen MR) is 129 cm³/mol. The summed E-state index contributed by atoms with van der Waals surface area (Å²) in [6, 6.07) is 15.4. The minimum Gasteiger partial charge on any atom is -0.508 e. The fourth-order valence-electron chi connectivity index (χ4n) is 3.80. The Morgan fingerprint density at radius 2 is 1.74 bits per heavy atom. The highest BCUT2D eigenvalue weighted by molar-refractivity contribution is 9.11. The summed E-state index contributed by atoms with van der Waals surface area (Å²) in [6.07, 6.45) is 9.31. The van der Waals surface area contributed by atoms with Crippen LogP contribution < -0.4 is 4.74 Å². The number of phenolic OH excluding ortho intramolecular Hbond substituents is 1. The third-order valence-corrected chi connectivity index (χ3v) is 6.59. The van der Waals surface area contributed by atoms with Gasteiger partial charge in [0, 0.05) is 24.5 Å². The van der Waals surface area contributed by atoms with E-state index in [0.717, 1.165) is 67.0 Å². The van der Waals surface area contributed by atoms with Crippen molar-refractivity contribution in [1.82, 2.24) is 0 Å². The first-order chi connectivity index (χ1) is 15.2. The van der Waals surface area contributed by atoms with Crippen molar-refractivity contribution in [3.8, 4) is 11.5 Å². The highest BCUT2D eigenvalue weighted by Crippen LogP contribution is 2.31. The molecule has 4 rings (SSSR count). The maximum Gasteiger partial charge on any atom is 0.119 e. The van der Waals surface area contributed by atoms with E-state index in [2.05, 4.69) is 40.2 Å². The van der Waals surface area contributed by atoms with Gasteiger partial charge in [-0.1, -0.05) is 28.1 Å². The molecular formula is C26H28BrNO3. The number of ether oxygens (including phenoxy) is 2. The van der Waals surface area contributed by atoms with Crippen molar-refractivity contribution in [2.45, 2.75) is 32.1 Å². The maximum absolute atomic E-state index is 9.63. The van der Waals surface area contributed by atoms with Crippen LogP contribution in [0.4, 0.5) is 0 Å². The van der Waals surface area contributed by atoms with Crippen LogP contribution in [-0.2, 0) is 4.74 Å². The molecule has 2 aromatic rings. The molecule has 2 aliphatic rings. The van der Waals surface area contributed by atoms with Crippen LogP contribution in [0.3, 0.4) is 0 Å². The second kappa shape index (κ2) is 10.8. The van der Waals surface area contributed by atoms with E-state index in [9.17, 15) is 5.11 Å². The molecule has 2 aromatic carbocycles. The Balaban J connectivity index is 1.53. The zero-order valence-corrected chi connectivity index (χ0v) is 19.2. The maximum atomic E-state index is 9.63. The summed E-state index contributed by atoms with van der Waals surface area (Å²) < 4.78 is 13.0. The molecule has 1 N–H and O–H groups in total. The summed E-state index contributed by atoms with van der Waals surface area (Å²) in [5.74, 6) is 1.60. The first kappa shape index (κ1) is 21.8. The number of aliphatic imine (C=N–C) groups is 1. The molecule has 5 heteroatoms. The smallest absolute Gasteiger partial charge is 0.119 e. The first-order valence-corrected chi connectivity index (χ1v) is 11.7. The van der Waals surface area contributed by atoms with Crippen LogP contribution >= 0.6 is 15.9 Å². The lowest BCUT2D eigenvalue weighted by atomic mass is 10.1. The van der Waals surface area contributed by atoms with E-state index in [0.29, 0.717) is 19.1 Å². The topological polar surface area (TPSA) is 51.1 Å². The molecule has 1 unspecified atom stereocenters. The average molecular weight is 482 g/mol. The molecule has 1 heterocycles. The molecule has 1 atom stereocenters. The Labute approximate surface area is 192 Å². The lowest BCUT2D eigenvalue weighted by Crippen LogP contribution is -2.09. The molecule has 1 aliphatic heterocycles. The molecule has 0 amide bonds. The predicted octanol–water partition coefficient (Wildman–Crippen LogP) is 6.49. The number of rotatable bonds is 5. The second-order valence-electron chi connectivity index (χ2n) is 7.90. The molecule has 0 radical (unpaired) electrons. The standard InChI is InChI=1S/C26H28BrNO3/c27-24-5-3-4-21(24)18-31-23-13-9-20(10-14-23)25-6-1-2-16-30-17-15-26(28-25)19-7-11-22(29)12-8-19/h5-14,21,29H,1-4,15-18H2/b25-6+,28-26+. The molecule has 0 saturated carbocycles. The summed E-state index contributed by atoms with van der Waals surface area (Å²) in [7, 11) is 0. The minimum atomic E-state index is 0.256. The summed E-state index contributed by atoms with van der Waals surface area (Å²) >= 11 is 3.63. The lowest BCUT2D eigenvalue weighted by Gasteiger charge is -2.14. The molecule has 4 nitrogen and oxygen atoms in total. The Morgan fingerprint density at radius 1 is 0.968 bits per heavy atom. The van der Waals surface area contributed by atoms with Gasteiger partial charge in [0.2, 0.25) is 0 Å². The van der Waals surface area contributed by atoms with E-state index in [-0.39, 0.29) is 5.75 Å². The number of benzene rings is 2. The number of hydrogen-bond acceptors (Lipinski definition) is 4. The molecule has 1 aliphatic carbocycles. The van der Waals surface area contributed by atoms with Gasteiger partial charge in [0.15, 0.2) is 0 Å². The summed E-state index contributed by atoms with van der Waals surface area (Å²) in [5, 5.41) is 9.63. The van der Waals surface area contributed by atoms with Crippen molar-refractivity contribution in [2.75, 3.05) is 19.8 Å². The number of allylic oxidation sites excluding steroid dienone is 2. The van der Waals surface area contributed by atoms with Gasteiger partial charge in [0.25, 0.3) is 0 Å². The summed E-state index contributed by atoms with van der Waals surface area (Å²) in [5.41, 5.74) is 4.01. The van der Waals surface area contributed by atoms with Gasteiger partial charge in [-0.25, -0.2) is 0 Å². The molecule has 31 heavy (non-hydrogen) atoms. The zero-order chi connectivity index (χ0) is 21.5. The summed E-state index contributed by atoms with van der Waals surface area (Å²) in [6.45, 7) is 2.10. The van der Waals surface area contributed by atoms with E-state index < -0.39 is 0 Å². The number of hydrogen-bond donors (Lipinski definition) is 1. The van der Waals surface area contributed by atoms with Crippen molar-refractivity contribution in [3.05, 3.63) is 76.3 Å². The average Bonchev–Trinajstić information content (AvgIpc) is 3.21. The van der Waals surface area contributed by atoms with Crippen LogP contribution in [0.15, 0.2) is 70.2 Å². The van der Waals surface area contributed by atoms with Gasteiger partial charge in [-0.05, 0) is 84.3 Å². The molecular weight excluding hydrogens is 454 g/mol. The van der Waals surface area contributed by atoms with Gasteiger partial charge in [-0.15, -0.1) is 0 Å². The molecule has 0 bridgehead atoms. The van der Waals surface area contributed by atoms with Crippen molar-refractivity contribution < 1.29 is 14.6 Å². The first-order valence-electron chi connectivity index (χ1n) is 10.9. The van der Waals surface area contributed by atoms with Crippen molar-refractivity contribution in [1.29, 1.82) is 0 Å². The van der Waals surface area contributed by atoms with Crippen molar-refractivity contribution in [3.63, 3.8) is 0 Å². The van der Waals surface area contributed by atoms with E-state index in [4.69, 9.17) is 14.5 Å². The Bertz CT molecular complexity index is 961. The van der Waals surface area contributed by atoms with E-state index in [1.807, 2.05) is 24.3 Å². The number of aromatic hydroxyl groups is 1. The lowest BCUT2D eigenvalue weighted by molar-refractivity contribution is 0.139. The fraction of sp³-hybridized carbons (Fsp3) is 0.346. The van der Waals surface area contributed by atoms with Gasteiger partial charge in [0.1, 0.15) is 11.5 Å². The number of phenols is 1. The molecule has 0 aromatic heterocycles. The van der Waals surface area contributed by atoms with Crippen LogP contribution in [-0.4, -0.2) is 30.6 Å².